The highest BCUT2D eigenvalue weighted by molar-refractivity contribution is 8.00. The standard InChI is InChI=1S/C22H24N4OS/c1-2-19(21(27)23-15-16-9-5-3-6-10-16)28-22-25-24-20(17-13-14-17)26(22)18-11-7-4-8-12-18/h3-12,17,19H,2,13-15H2,1H3,(H,23,27). The van der Waals surface area contributed by atoms with Gasteiger partial charge in [0, 0.05) is 18.2 Å². The van der Waals surface area contributed by atoms with Gasteiger partial charge in [-0.1, -0.05) is 67.2 Å². The van der Waals surface area contributed by atoms with Crippen molar-refractivity contribution in [2.75, 3.05) is 0 Å². The number of nitrogens with one attached hydrogen (secondary N) is 1. The van der Waals surface area contributed by atoms with Gasteiger partial charge in [-0.15, -0.1) is 10.2 Å². The van der Waals surface area contributed by atoms with Gasteiger partial charge in [-0.25, -0.2) is 0 Å². The summed E-state index contributed by atoms with van der Waals surface area (Å²) in [4.78, 5) is 12.8. The molecule has 2 aromatic carbocycles. The van der Waals surface area contributed by atoms with Gasteiger partial charge >= 0.3 is 0 Å². The van der Waals surface area contributed by atoms with E-state index in [2.05, 4.69) is 32.2 Å². The summed E-state index contributed by atoms with van der Waals surface area (Å²) >= 11 is 1.50. The van der Waals surface area contributed by atoms with E-state index >= 15 is 0 Å². The number of benzene rings is 2. The number of amides is 1. The normalized spacial score (nSPS) is 14.6. The Bertz CT molecular complexity index is 922. The predicted octanol–water partition coefficient (Wildman–Crippen LogP) is 4.33. The van der Waals surface area contributed by atoms with Gasteiger partial charge in [0.15, 0.2) is 5.16 Å². The van der Waals surface area contributed by atoms with Crippen molar-refractivity contribution in [1.29, 1.82) is 0 Å². The molecule has 0 radical (unpaired) electrons. The molecule has 0 bridgehead atoms. The molecular weight excluding hydrogens is 368 g/mol. The molecule has 0 spiro atoms. The van der Waals surface area contributed by atoms with E-state index in [0.29, 0.717) is 12.5 Å². The summed E-state index contributed by atoms with van der Waals surface area (Å²) in [7, 11) is 0. The van der Waals surface area contributed by atoms with Crippen molar-refractivity contribution in [3.05, 3.63) is 72.1 Å². The fourth-order valence-electron chi connectivity index (χ4n) is 3.13. The molecule has 0 saturated heterocycles. The van der Waals surface area contributed by atoms with Gasteiger partial charge in [-0.2, -0.15) is 0 Å². The third-order valence-electron chi connectivity index (χ3n) is 4.84. The van der Waals surface area contributed by atoms with Crippen LogP contribution in [-0.2, 0) is 11.3 Å². The van der Waals surface area contributed by atoms with E-state index in [9.17, 15) is 4.79 Å². The minimum atomic E-state index is -0.206. The second kappa shape index (κ2) is 8.61. The van der Waals surface area contributed by atoms with Gasteiger partial charge in [0.05, 0.1) is 5.25 Å². The molecule has 4 rings (SSSR count). The molecule has 1 saturated carbocycles. The Morgan fingerprint density at radius 1 is 1.11 bits per heavy atom. The van der Waals surface area contributed by atoms with Crippen LogP contribution in [0.1, 0.15) is 43.5 Å². The number of carbonyl (C=O) groups is 1. The van der Waals surface area contributed by atoms with Crippen LogP contribution in [0.3, 0.4) is 0 Å². The van der Waals surface area contributed by atoms with Gasteiger partial charge in [0.2, 0.25) is 5.91 Å². The average molecular weight is 393 g/mol. The monoisotopic (exact) mass is 392 g/mol. The molecule has 144 valence electrons. The Kier molecular flexibility index (Phi) is 5.76. The van der Waals surface area contributed by atoms with Crippen LogP contribution in [0.5, 0.6) is 0 Å². The molecule has 1 unspecified atom stereocenters. The molecule has 1 fully saturated rings. The van der Waals surface area contributed by atoms with E-state index in [1.165, 1.54) is 11.8 Å². The fraction of sp³-hybridized carbons (Fsp3) is 0.318. The minimum Gasteiger partial charge on any atom is -0.351 e. The third kappa shape index (κ3) is 4.28. The first-order valence-corrected chi connectivity index (χ1v) is 10.6. The van der Waals surface area contributed by atoms with E-state index in [1.54, 1.807) is 0 Å². The Morgan fingerprint density at radius 2 is 1.79 bits per heavy atom. The fourth-order valence-corrected chi connectivity index (χ4v) is 4.14. The number of thioether (sulfide) groups is 1. The third-order valence-corrected chi connectivity index (χ3v) is 6.14. The molecule has 28 heavy (non-hydrogen) atoms. The summed E-state index contributed by atoms with van der Waals surface area (Å²) in [6, 6.07) is 20.1. The van der Waals surface area contributed by atoms with Gasteiger partial charge in [0.1, 0.15) is 5.82 Å². The predicted molar refractivity (Wildman–Crippen MR) is 112 cm³/mol. The van der Waals surface area contributed by atoms with Crippen LogP contribution >= 0.6 is 11.8 Å². The van der Waals surface area contributed by atoms with Crippen molar-refractivity contribution in [3.8, 4) is 5.69 Å². The Morgan fingerprint density at radius 3 is 2.43 bits per heavy atom. The highest BCUT2D eigenvalue weighted by Crippen LogP contribution is 2.41. The molecule has 1 N–H and O–H groups in total. The van der Waals surface area contributed by atoms with Gasteiger partial charge in [0.25, 0.3) is 0 Å². The largest absolute Gasteiger partial charge is 0.351 e. The summed E-state index contributed by atoms with van der Waals surface area (Å²) in [6.07, 6.45) is 3.04. The van der Waals surface area contributed by atoms with Crippen molar-refractivity contribution >= 4 is 17.7 Å². The number of nitrogens with zero attached hydrogens (tertiary/aromatic N) is 3. The number of carbonyl (C=O) groups excluding carboxylic acids is 1. The highest BCUT2D eigenvalue weighted by atomic mass is 32.2. The highest BCUT2D eigenvalue weighted by Gasteiger charge is 2.32. The minimum absolute atomic E-state index is 0.0342. The molecule has 1 aliphatic rings. The zero-order valence-electron chi connectivity index (χ0n) is 15.9. The molecule has 1 atom stereocenters. The number of aromatic nitrogens is 3. The molecule has 1 heterocycles. The van der Waals surface area contributed by atoms with Crippen LogP contribution in [0.25, 0.3) is 5.69 Å². The first-order valence-electron chi connectivity index (χ1n) is 9.75. The van der Waals surface area contributed by atoms with Crippen LogP contribution < -0.4 is 5.32 Å². The molecule has 5 nitrogen and oxygen atoms in total. The summed E-state index contributed by atoms with van der Waals surface area (Å²) in [5, 5.41) is 12.5. The van der Waals surface area contributed by atoms with Crippen molar-refractivity contribution in [3.63, 3.8) is 0 Å². The van der Waals surface area contributed by atoms with Crippen LogP contribution in [0.4, 0.5) is 0 Å². The summed E-state index contributed by atoms with van der Waals surface area (Å²) < 4.78 is 2.12. The Labute approximate surface area is 169 Å². The quantitative estimate of drug-likeness (QED) is 0.580. The number of para-hydroxylation sites is 1. The second-order valence-electron chi connectivity index (χ2n) is 7.00. The molecule has 1 aliphatic carbocycles. The Balaban J connectivity index is 1.51. The lowest BCUT2D eigenvalue weighted by atomic mass is 10.2. The van der Waals surface area contributed by atoms with E-state index in [0.717, 1.165) is 41.5 Å². The van der Waals surface area contributed by atoms with E-state index in [4.69, 9.17) is 0 Å². The number of hydrogen-bond acceptors (Lipinski definition) is 4. The molecule has 1 amide bonds. The summed E-state index contributed by atoms with van der Waals surface area (Å²) in [5.41, 5.74) is 2.15. The Hall–Kier alpha value is -2.60. The van der Waals surface area contributed by atoms with Crippen molar-refractivity contribution < 1.29 is 4.79 Å². The van der Waals surface area contributed by atoms with E-state index < -0.39 is 0 Å². The lowest BCUT2D eigenvalue weighted by Crippen LogP contribution is -2.32. The molecule has 0 aliphatic heterocycles. The number of rotatable bonds is 8. The first-order chi connectivity index (χ1) is 13.8. The van der Waals surface area contributed by atoms with Crippen molar-refractivity contribution in [2.45, 2.75) is 49.1 Å². The van der Waals surface area contributed by atoms with Crippen molar-refractivity contribution in [2.24, 2.45) is 0 Å². The lowest BCUT2D eigenvalue weighted by molar-refractivity contribution is -0.120. The summed E-state index contributed by atoms with van der Waals surface area (Å²) in [5.74, 6) is 1.52. The average Bonchev–Trinajstić information content (AvgIpc) is 3.51. The first kappa shape index (κ1) is 18.7. The molecule has 1 aromatic heterocycles. The molecule has 3 aromatic rings. The second-order valence-corrected chi connectivity index (χ2v) is 8.17. The van der Waals surface area contributed by atoms with Crippen molar-refractivity contribution in [1.82, 2.24) is 20.1 Å². The molecular formula is C22H24N4OS. The SMILES string of the molecule is CCC(Sc1nnc(C2CC2)n1-c1ccccc1)C(=O)NCc1ccccc1. The van der Waals surface area contributed by atoms with Crippen LogP contribution in [0.15, 0.2) is 65.8 Å². The maximum atomic E-state index is 12.8. The lowest BCUT2D eigenvalue weighted by Gasteiger charge is -2.16. The van der Waals surface area contributed by atoms with Gasteiger partial charge < -0.3 is 5.32 Å². The van der Waals surface area contributed by atoms with Gasteiger partial charge in [-0.05, 0) is 37.0 Å². The summed E-state index contributed by atoms with van der Waals surface area (Å²) in [6.45, 7) is 2.57. The smallest absolute Gasteiger partial charge is 0.233 e. The van der Waals surface area contributed by atoms with Crippen LogP contribution in [0.2, 0.25) is 0 Å². The number of hydrogen-bond donors (Lipinski definition) is 1. The zero-order valence-corrected chi connectivity index (χ0v) is 16.7. The van der Waals surface area contributed by atoms with Crippen LogP contribution in [-0.4, -0.2) is 25.9 Å². The van der Waals surface area contributed by atoms with E-state index in [-0.39, 0.29) is 11.2 Å². The van der Waals surface area contributed by atoms with E-state index in [1.807, 2.05) is 55.5 Å². The molecule has 6 heteroatoms. The van der Waals surface area contributed by atoms with Gasteiger partial charge in [-0.3, -0.25) is 9.36 Å². The maximum absolute atomic E-state index is 12.8. The zero-order chi connectivity index (χ0) is 19.3. The van der Waals surface area contributed by atoms with Crippen LogP contribution in [0, 0.1) is 0 Å². The maximum Gasteiger partial charge on any atom is 0.233 e. The topological polar surface area (TPSA) is 59.8 Å².